The Bertz CT molecular complexity index is 1750. The fourth-order valence-electron chi connectivity index (χ4n) is 8.90. The van der Waals surface area contributed by atoms with Crippen LogP contribution in [0.3, 0.4) is 0 Å². The number of unbranched alkanes of at least 4 members (excludes halogenated alkanes) is 2. The van der Waals surface area contributed by atoms with Crippen molar-refractivity contribution >= 4 is 11.8 Å². The van der Waals surface area contributed by atoms with E-state index >= 15 is 0 Å². The normalized spacial score (nSPS) is 21.3. The molecule has 8 heteroatoms. The second-order valence-corrected chi connectivity index (χ2v) is 15.0. The Morgan fingerprint density at radius 1 is 0.939 bits per heavy atom. The van der Waals surface area contributed by atoms with E-state index in [2.05, 4.69) is 86.3 Å². The van der Waals surface area contributed by atoms with Crippen molar-refractivity contribution in [3.63, 3.8) is 0 Å². The van der Waals surface area contributed by atoms with Crippen molar-refractivity contribution in [1.82, 2.24) is 4.90 Å². The molecule has 0 spiro atoms. The molecule has 8 nitrogen and oxygen atoms in total. The standard InChI is InChI=1S/C41H48N4O4/c1-40(2,32(26-15-9-7-10-16-26)19-11-8-14-20-43-44-42)28-22-35(48-5)37(36(23-28)49-6)31-21-27(33-24-34(31)41(33,3)4)25-45-38(46)29-17-12-13-18-30(29)39(45)47/h7,9-10,12-13,15-18,21-23,31-34H,8,11,14,19-20,24-25H2,1-6H3/t31-,32?,33+,34-/m0/s1. The third-order valence-corrected chi connectivity index (χ3v) is 11.8. The van der Waals surface area contributed by atoms with E-state index in [9.17, 15) is 9.59 Å². The monoisotopic (exact) mass is 660 g/mol. The van der Waals surface area contributed by atoms with Gasteiger partial charge in [0.05, 0.1) is 31.9 Å². The minimum absolute atomic E-state index is 0.00762. The first-order chi connectivity index (χ1) is 23.5. The number of ether oxygens (including phenoxy) is 2. The molecule has 7 rings (SSSR count). The van der Waals surface area contributed by atoms with Gasteiger partial charge in [0.1, 0.15) is 11.5 Å². The Kier molecular flexibility index (Phi) is 9.63. The molecule has 4 atom stereocenters. The van der Waals surface area contributed by atoms with E-state index in [1.165, 1.54) is 10.5 Å². The average molecular weight is 661 g/mol. The first-order valence-electron chi connectivity index (χ1n) is 17.5. The van der Waals surface area contributed by atoms with Crippen LogP contribution in [0.15, 0.2) is 83.5 Å². The topological polar surface area (TPSA) is 105 Å². The zero-order valence-corrected chi connectivity index (χ0v) is 29.6. The molecule has 1 unspecified atom stereocenters. The number of allylic oxidation sites excluding steroid dienone is 1. The smallest absolute Gasteiger partial charge is 0.261 e. The highest BCUT2D eigenvalue weighted by Gasteiger charge is 2.57. The van der Waals surface area contributed by atoms with Crippen molar-refractivity contribution in [2.24, 2.45) is 22.4 Å². The van der Waals surface area contributed by atoms with Gasteiger partial charge in [-0.25, -0.2) is 0 Å². The zero-order valence-electron chi connectivity index (χ0n) is 29.6. The molecule has 1 saturated carbocycles. The summed E-state index contributed by atoms with van der Waals surface area (Å²) in [6.45, 7) is 10.0. The number of imide groups is 1. The molecule has 0 radical (unpaired) electrons. The van der Waals surface area contributed by atoms with Gasteiger partial charge in [-0.2, -0.15) is 0 Å². The molecule has 4 aliphatic rings. The van der Waals surface area contributed by atoms with E-state index in [0.29, 0.717) is 36.1 Å². The second-order valence-electron chi connectivity index (χ2n) is 15.0. The van der Waals surface area contributed by atoms with Crippen LogP contribution in [0.1, 0.15) is 109 Å². The molecule has 3 aromatic rings. The van der Waals surface area contributed by atoms with Gasteiger partial charge in [-0.05, 0) is 88.8 Å². The molecule has 0 saturated heterocycles. The van der Waals surface area contributed by atoms with Crippen molar-refractivity contribution < 1.29 is 19.1 Å². The van der Waals surface area contributed by atoms with Crippen LogP contribution >= 0.6 is 0 Å². The maximum absolute atomic E-state index is 13.3. The quantitative estimate of drug-likeness (QED) is 0.0429. The van der Waals surface area contributed by atoms with Crippen LogP contribution in [0.5, 0.6) is 11.5 Å². The van der Waals surface area contributed by atoms with Crippen LogP contribution in [0.25, 0.3) is 10.4 Å². The van der Waals surface area contributed by atoms with Crippen LogP contribution in [0.2, 0.25) is 0 Å². The minimum atomic E-state index is -0.259. The number of nitrogens with zero attached hydrogens (tertiary/aromatic N) is 4. The zero-order chi connectivity index (χ0) is 34.9. The average Bonchev–Trinajstić information content (AvgIpc) is 3.35. The van der Waals surface area contributed by atoms with Crippen LogP contribution in [0.4, 0.5) is 0 Å². The number of rotatable bonds is 14. The SMILES string of the molecule is COc1cc(C(C)(C)C(CCCCCN=[N+]=[N-])c2ccccc2)cc(OC)c1[C@H]1C=C(CN2C(=O)c3ccccc3C2=O)[C@H]2C[C@@H]1C2(C)C. The summed E-state index contributed by atoms with van der Waals surface area (Å²) in [6, 6.07) is 22.2. The molecular formula is C41H48N4O4. The Balaban J connectivity index is 1.34. The van der Waals surface area contributed by atoms with Gasteiger partial charge in [0, 0.05) is 22.9 Å². The van der Waals surface area contributed by atoms with Crippen molar-refractivity contribution in [2.45, 2.75) is 77.0 Å². The number of hydrogen-bond acceptors (Lipinski definition) is 5. The van der Waals surface area contributed by atoms with Crippen molar-refractivity contribution in [3.8, 4) is 11.5 Å². The maximum atomic E-state index is 13.3. The van der Waals surface area contributed by atoms with Crippen molar-refractivity contribution in [3.05, 3.63) is 117 Å². The Labute approximate surface area is 290 Å². The highest BCUT2D eigenvalue weighted by molar-refractivity contribution is 6.21. The van der Waals surface area contributed by atoms with Crippen molar-refractivity contribution in [1.29, 1.82) is 0 Å². The molecule has 3 aromatic carbocycles. The summed E-state index contributed by atoms with van der Waals surface area (Å²) in [6.07, 6.45) is 7.18. The number of hydrogen-bond donors (Lipinski definition) is 0. The summed E-state index contributed by atoms with van der Waals surface area (Å²) >= 11 is 0. The van der Waals surface area contributed by atoms with Gasteiger partial charge in [0.2, 0.25) is 0 Å². The first-order valence-corrected chi connectivity index (χ1v) is 17.5. The predicted octanol–water partition coefficient (Wildman–Crippen LogP) is 9.62. The Morgan fingerprint density at radius 2 is 1.55 bits per heavy atom. The largest absolute Gasteiger partial charge is 0.496 e. The number of benzene rings is 3. The molecule has 1 aliphatic heterocycles. The summed E-state index contributed by atoms with van der Waals surface area (Å²) < 4.78 is 12.4. The fourth-order valence-corrected chi connectivity index (χ4v) is 8.90. The number of amides is 2. The van der Waals surface area contributed by atoms with E-state index in [1.54, 1.807) is 26.4 Å². The third-order valence-electron chi connectivity index (χ3n) is 11.8. The lowest BCUT2D eigenvalue weighted by Crippen LogP contribution is -2.53. The molecule has 256 valence electrons. The number of carbonyl (C=O) groups excluding carboxylic acids is 2. The number of fused-ring (bicyclic) bond motifs is 2. The summed E-state index contributed by atoms with van der Waals surface area (Å²) in [7, 11) is 3.46. The highest BCUT2D eigenvalue weighted by atomic mass is 16.5. The molecule has 1 heterocycles. The summed E-state index contributed by atoms with van der Waals surface area (Å²) in [5, 5.41) is 3.71. The first kappa shape index (κ1) is 34.3. The van der Waals surface area contributed by atoms with Crippen molar-refractivity contribution in [2.75, 3.05) is 27.3 Å². The molecule has 49 heavy (non-hydrogen) atoms. The lowest BCUT2D eigenvalue weighted by Gasteiger charge is -2.60. The second kappa shape index (κ2) is 13.8. The molecule has 2 bridgehead atoms. The van der Waals surface area contributed by atoms with E-state index in [4.69, 9.17) is 15.0 Å². The van der Waals surface area contributed by atoms with Gasteiger partial charge in [-0.3, -0.25) is 14.5 Å². The number of methoxy groups -OCH3 is 2. The highest BCUT2D eigenvalue weighted by Crippen LogP contribution is 2.65. The summed E-state index contributed by atoms with van der Waals surface area (Å²) in [4.78, 5) is 31.0. The van der Waals surface area contributed by atoms with E-state index in [-0.39, 0.29) is 34.5 Å². The van der Waals surface area contributed by atoms with Crippen LogP contribution in [-0.2, 0) is 5.41 Å². The predicted molar refractivity (Wildman–Crippen MR) is 192 cm³/mol. The Hall–Kier alpha value is -4.55. The lowest BCUT2D eigenvalue weighted by atomic mass is 9.45. The molecule has 1 fully saturated rings. The number of carbonyl (C=O) groups is 2. The van der Waals surface area contributed by atoms with Gasteiger partial charge in [-0.15, -0.1) is 0 Å². The van der Waals surface area contributed by atoms with Crippen LogP contribution in [-0.4, -0.2) is 44.0 Å². The summed E-state index contributed by atoms with van der Waals surface area (Å²) in [5.74, 6) is 2.07. The van der Waals surface area contributed by atoms with Gasteiger partial charge < -0.3 is 9.47 Å². The molecule has 3 aliphatic carbocycles. The van der Waals surface area contributed by atoms with Gasteiger partial charge in [-0.1, -0.05) is 99.8 Å². The maximum Gasteiger partial charge on any atom is 0.261 e. The Morgan fingerprint density at radius 3 is 2.12 bits per heavy atom. The van der Waals surface area contributed by atoms with E-state index < -0.39 is 0 Å². The number of azide groups is 1. The molecule has 2 amide bonds. The van der Waals surface area contributed by atoms with Gasteiger partial charge in [0.25, 0.3) is 11.8 Å². The third kappa shape index (κ3) is 6.12. The summed E-state index contributed by atoms with van der Waals surface area (Å²) in [5.41, 5.74) is 13.9. The van der Waals surface area contributed by atoms with E-state index in [1.807, 2.05) is 12.1 Å². The van der Waals surface area contributed by atoms with Crippen LogP contribution < -0.4 is 9.47 Å². The fraction of sp³-hybridized carbons (Fsp3) is 0.463. The molecule has 0 N–H and O–H groups in total. The van der Waals surface area contributed by atoms with Crippen LogP contribution in [0, 0.1) is 17.3 Å². The van der Waals surface area contributed by atoms with Gasteiger partial charge in [0.15, 0.2) is 0 Å². The van der Waals surface area contributed by atoms with Gasteiger partial charge >= 0.3 is 0 Å². The van der Waals surface area contributed by atoms with E-state index in [0.717, 1.165) is 60.3 Å². The molecular weight excluding hydrogens is 612 g/mol. The lowest BCUT2D eigenvalue weighted by molar-refractivity contribution is -0.0233. The minimum Gasteiger partial charge on any atom is -0.496 e. The molecule has 0 aromatic heterocycles.